The average Bonchev–Trinajstić information content (AvgIpc) is 2.47. The number of aromatic nitrogens is 2. The summed E-state index contributed by atoms with van der Waals surface area (Å²) in [5, 5.41) is 0. The van der Waals surface area contributed by atoms with Gasteiger partial charge in [0.1, 0.15) is 5.82 Å². The molecular formula is C12H21BrN6. The first-order valence-electron chi connectivity index (χ1n) is 6.63. The lowest BCUT2D eigenvalue weighted by Crippen LogP contribution is -2.49. The molecule has 1 atom stereocenters. The molecule has 7 heteroatoms. The lowest BCUT2D eigenvalue weighted by Gasteiger charge is -2.38. The van der Waals surface area contributed by atoms with Crippen LogP contribution in [0.2, 0.25) is 0 Å². The second-order valence-corrected chi connectivity index (χ2v) is 5.64. The quantitative estimate of drug-likeness (QED) is 0.644. The molecule has 0 radical (unpaired) electrons. The van der Waals surface area contributed by atoms with Crippen molar-refractivity contribution in [1.29, 1.82) is 0 Å². The van der Waals surface area contributed by atoms with Crippen LogP contribution >= 0.6 is 15.9 Å². The zero-order chi connectivity index (χ0) is 13.8. The van der Waals surface area contributed by atoms with E-state index in [2.05, 4.69) is 55.0 Å². The Hall–Kier alpha value is -0.920. The van der Waals surface area contributed by atoms with E-state index in [9.17, 15) is 0 Å². The van der Waals surface area contributed by atoms with Gasteiger partial charge in [-0.05, 0) is 29.3 Å². The summed E-state index contributed by atoms with van der Waals surface area (Å²) >= 11 is 3.50. The highest BCUT2D eigenvalue weighted by Crippen LogP contribution is 2.25. The van der Waals surface area contributed by atoms with Gasteiger partial charge in [-0.15, -0.1) is 0 Å². The number of hydrazine groups is 1. The van der Waals surface area contributed by atoms with Gasteiger partial charge < -0.3 is 4.90 Å². The maximum atomic E-state index is 5.36. The molecule has 3 N–H and O–H groups in total. The van der Waals surface area contributed by atoms with E-state index in [4.69, 9.17) is 5.84 Å². The van der Waals surface area contributed by atoms with Crippen LogP contribution in [0, 0.1) is 0 Å². The second-order valence-electron chi connectivity index (χ2n) is 4.79. The van der Waals surface area contributed by atoms with Gasteiger partial charge in [0, 0.05) is 38.4 Å². The van der Waals surface area contributed by atoms with Crippen LogP contribution in [0.1, 0.15) is 20.3 Å². The first-order valence-corrected chi connectivity index (χ1v) is 7.43. The fourth-order valence-corrected chi connectivity index (χ4v) is 2.72. The van der Waals surface area contributed by atoms with Gasteiger partial charge in [-0.25, -0.2) is 10.8 Å². The van der Waals surface area contributed by atoms with E-state index in [1.54, 1.807) is 6.20 Å². The zero-order valence-electron chi connectivity index (χ0n) is 11.4. The molecule has 6 nitrogen and oxygen atoms in total. The molecule has 0 aromatic carbocycles. The van der Waals surface area contributed by atoms with Crippen molar-refractivity contribution in [2.45, 2.75) is 26.3 Å². The number of hydrogen-bond acceptors (Lipinski definition) is 6. The lowest BCUT2D eigenvalue weighted by molar-refractivity contribution is 0.192. The molecule has 1 unspecified atom stereocenters. The molecule has 0 aliphatic carbocycles. The number of nitrogens with one attached hydrogen (secondary N) is 1. The molecule has 0 bridgehead atoms. The summed E-state index contributed by atoms with van der Waals surface area (Å²) in [4.78, 5) is 13.3. The van der Waals surface area contributed by atoms with E-state index in [0.717, 1.165) is 36.5 Å². The van der Waals surface area contributed by atoms with E-state index in [0.29, 0.717) is 12.0 Å². The number of nitrogens with two attached hydrogens (primary N) is 1. The summed E-state index contributed by atoms with van der Waals surface area (Å²) in [6, 6.07) is 0.650. The normalized spacial score (nSPS) is 18.4. The highest BCUT2D eigenvalue weighted by molar-refractivity contribution is 9.10. The highest BCUT2D eigenvalue weighted by atomic mass is 79.9. The third kappa shape index (κ3) is 3.34. The Balaban J connectivity index is 2.05. The van der Waals surface area contributed by atoms with Crippen LogP contribution in [0.4, 0.5) is 11.8 Å². The third-order valence-electron chi connectivity index (χ3n) is 3.68. The van der Waals surface area contributed by atoms with Crippen LogP contribution in [-0.2, 0) is 0 Å². The summed E-state index contributed by atoms with van der Waals surface area (Å²) in [7, 11) is 0. The minimum Gasteiger partial charge on any atom is -0.353 e. The lowest BCUT2D eigenvalue weighted by atomic mass is 10.2. The molecule has 1 aliphatic rings. The van der Waals surface area contributed by atoms with Crippen molar-refractivity contribution in [2.75, 3.05) is 36.5 Å². The first kappa shape index (κ1) is 14.5. The number of halogens is 1. The molecule has 2 rings (SSSR count). The monoisotopic (exact) mass is 328 g/mol. The summed E-state index contributed by atoms with van der Waals surface area (Å²) in [5.74, 6) is 6.72. The fourth-order valence-electron chi connectivity index (χ4n) is 2.28. The summed E-state index contributed by atoms with van der Waals surface area (Å²) < 4.78 is 0.906. The second kappa shape index (κ2) is 6.49. The Kier molecular flexibility index (Phi) is 4.95. The number of hydrogen-bond donors (Lipinski definition) is 2. The van der Waals surface area contributed by atoms with E-state index >= 15 is 0 Å². The van der Waals surface area contributed by atoms with Gasteiger partial charge in [0.2, 0.25) is 5.95 Å². The summed E-state index contributed by atoms with van der Waals surface area (Å²) in [5.41, 5.74) is 2.49. The number of nitrogen functional groups attached to an aromatic ring is 1. The number of rotatable bonds is 4. The molecule has 2 heterocycles. The Morgan fingerprint density at radius 3 is 2.68 bits per heavy atom. The van der Waals surface area contributed by atoms with Crippen LogP contribution < -0.4 is 16.2 Å². The van der Waals surface area contributed by atoms with Crippen LogP contribution in [0.15, 0.2) is 10.7 Å². The summed E-state index contributed by atoms with van der Waals surface area (Å²) in [6.45, 7) is 8.60. The first-order chi connectivity index (χ1) is 9.15. The van der Waals surface area contributed by atoms with Gasteiger partial charge >= 0.3 is 0 Å². The Labute approximate surface area is 122 Å². The number of anilines is 2. The zero-order valence-corrected chi connectivity index (χ0v) is 13.0. The Morgan fingerprint density at radius 1 is 1.42 bits per heavy atom. The number of piperazine rings is 1. The van der Waals surface area contributed by atoms with Crippen molar-refractivity contribution in [3.8, 4) is 0 Å². The van der Waals surface area contributed by atoms with Gasteiger partial charge in [-0.1, -0.05) is 6.92 Å². The molecule has 0 amide bonds. The fraction of sp³-hybridized carbons (Fsp3) is 0.667. The SMILES string of the molecule is CCC(C)N1CCN(c2nc(NN)ncc2Br)CC1. The minimum absolute atomic E-state index is 0.447. The van der Waals surface area contributed by atoms with Crippen LogP contribution in [0.3, 0.4) is 0 Å². The molecule has 1 saturated heterocycles. The largest absolute Gasteiger partial charge is 0.353 e. The highest BCUT2D eigenvalue weighted by Gasteiger charge is 2.22. The maximum Gasteiger partial charge on any atom is 0.239 e. The van der Waals surface area contributed by atoms with E-state index in [1.807, 2.05) is 0 Å². The summed E-state index contributed by atoms with van der Waals surface area (Å²) in [6.07, 6.45) is 2.93. The topological polar surface area (TPSA) is 70.3 Å². The van der Waals surface area contributed by atoms with Gasteiger partial charge in [-0.3, -0.25) is 10.3 Å². The van der Waals surface area contributed by atoms with Crippen LogP contribution in [0.25, 0.3) is 0 Å². The van der Waals surface area contributed by atoms with Crippen molar-refractivity contribution in [3.05, 3.63) is 10.7 Å². The van der Waals surface area contributed by atoms with Crippen molar-refractivity contribution >= 4 is 27.7 Å². The van der Waals surface area contributed by atoms with Gasteiger partial charge in [0.25, 0.3) is 0 Å². The molecule has 106 valence electrons. The molecular weight excluding hydrogens is 308 g/mol. The van der Waals surface area contributed by atoms with Gasteiger partial charge in [0.15, 0.2) is 0 Å². The van der Waals surface area contributed by atoms with Crippen LogP contribution in [-0.4, -0.2) is 47.1 Å². The molecule has 1 aromatic heterocycles. The molecule has 0 spiro atoms. The predicted octanol–water partition coefficient (Wildman–Crippen LogP) is 1.45. The van der Waals surface area contributed by atoms with Crippen molar-refractivity contribution < 1.29 is 0 Å². The van der Waals surface area contributed by atoms with E-state index in [1.165, 1.54) is 6.42 Å². The molecule has 0 saturated carbocycles. The Morgan fingerprint density at radius 2 is 2.11 bits per heavy atom. The van der Waals surface area contributed by atoms with Gasteiger partial charge in [0.05, 0.1) is 4.47 Å². The van der Waals surface area contributed by atoms with Crippen LogP contribution in [0.5, 0.6) is 0 Å². The predicted molar refractivity (Wildman–Crippen MR) is 81.1 cm³/mol. The minimum atomic E-state index is 0.447. The molecule has 1 aromatic rings. The molecule has 1 aliphatic heterocycles. The smallest absolute Gasteiger partial charge is 0.239 e. The molecule has 19 heavy (non-hydrogen) atoms. The third-order valence-corrected chi connectivity index (χ3v) is 4.24. The van der Waals surface area contributed by atoms with E-state index in [-0.39, 0.29) is 0 Å². The maximum absolute atomic E-state index is 5.36. The van der Waals surface area contributed by atoms with E-state index < -0.39 is 0 Å². The molecule has 1 fully saturated rings. The van der Waals surface area contributed by atoms with Crippen molar-refractivity contribution in [1.82, 2.24) is 14.9 Å². The standard InChI is InChI=1S/C12H21BrN6/c1-3-9(2)18-4-6-19(7-5-18)11-10(13)8-15-12(16-11)17-14/h8-9H,3-7,14H2,1-2H3,(H,15,16,17). The van der Waals surface area contributed by atoms with Crippen molar-refractivity contribution in [3.63, 3.8) is 0 Å². The Bertz CT molecular complexity index is 419. The average molecular weight is 329 g/mol. The number of nitrogens with zero attached hydrogens (tertiary/aromatic N) is 4. The van der Waals surface area contributed by atoms with Crippen molar-refractivity contribution in [2.24, 2.45) is 5.84 Å². The van der Waals surface area contributed by atoms with Gasteiger partial charge in [-0.2, -0.15) is 4.98 Å².